The van der Waals surface area contributed by atoms with E-state index in [1.165, 1.54) is 18.2 Å². The van der Waals surface area contributed by atoms with E-state index in [-0.39, 0.29) is 42.9 Å². The number of halogens is 3. The van der Waals surface area contributed by atoms with Crippen LogP contribution in [0.1, 0.15) is 23.7 Å². The number of nitrogens with one attached hydrogen (secondary N) is 2. The van der Waals surface area contributed by atoms with E-state index in [2.05, 4.69) is 26.6 Å². The molecule has 23 heavy (non-hydrogen) atoms. The molecule has 0 unspecified atom stereocenters. The zero-order chi connectivity index (χ0) is 16.1. The van der Waals surface area contributed by atoms with Gasteiger partial charge in [0.2, 0.25) is 5.91 Å². The largest absolute Gasteiger partial charge is 0.351 e. The van der Waals surface area contributed by atoms with Crippen LogP contribution in [0, 0.1) is 5.82 Å². The standard InChI is InChI=1S/C15H19BrFN3O2.ClH/c1-10-9-18-6-7-20(10)14(21)4-5-19-15(22)12-8-11(17)2-3-13(12)16;/h2-3,8,10,18H,4-7,9H2,1H3,(H,19,22);1H/t10-;/m0./s1. The van der Waals surface area contributed by atoms with Crippen LogP contribution in [0.25, 0.3) is 0 Å². The summed E-state index contributed by atoms with van der Waals surface area (Å²) in [7, 11) is 0. The van der Waals surface area contributed by atoms with Gasteiger partial charge in [-0.1, -0.05) is 0 Å². The number of hydrogen-bond donors (Lipinski definition) is 2. The molecule has 1 saturated heterocycles. The van der Waals surface area contributed by atoms with Crippen molar-refractivity contribution >= 4 is 40.2 Å². The first kappa shape index (κ1) is 19.9. The average molecular weight is 409 g/mol. The minimum absolute atomic E-state index is 0. The van der Waals surface area contributed by atoms with E-state index in [4.69, 9.17) is 0 Å². The Labute approximate surface area is 149 Å². The zero-order valence-corrected chi connectivity index (χ0v) is 15.2. The highest BCUT2D eigenvalue weighted by atomic mass is 79.9. The van der Waals surface area contributed by atoms with Gasteiger partial charge in [0.1, 0.15) is 5.82 Å². The summed E-state index contributed by atoms with van der Waals surface area (Å²) in [6.07, 6.45) is 0.239. The number of amides is 2. The molecule has 0 aliphatic carbocycles. The molecule has 128 valence electrons. The fourth-order valence-corrected chi connectivity index (χ4v) is 2.83. The summed E-state index contributed by atoms with van der Waals surface area (Å²) in [6, 6.07) is 4.09. The van der Waals surface area contributed by atoms with Crippen LogP contribution in [-0.2, 0) is 4.79 Å². The lowest BCUT2D eigenvalue weighted by Gasteiger charge is -2.34. The van der Waals surface area contributed by atoms with Gasteiger partial charge in [-0.2, -0.15) is 0 Å². The van der Waals surface area contributed by atoms with Gasteiger partial charge in [-0.15, -0.1) is 12.4 Å². The third-order valence-corrected chi connectivity index (χ3v) is 4.31. The lowest BCUT2D eigenvalue weighted by Crippen LogP contribution is -2.52. The van der Waals surface area contributed by atoms with Crippen molar-refractivity contribution in [3.8, 4) is 0 Å². The highest BCUT2D eigenvalue weighted by molar-refractivity contribution is 9.10. The molecule has 1 heterocycles. The number of benzene rings is 1. The van der Waals surface area contributed by atoms with Crippen molar-refractivity contribution in [1.29, 1.82) is 0 Å². The second-order valence-corrected chi connectivity index (χ2v) is 6.12. The van der Waals surface area contributed by atoms with Crippen LogP contribution in [0.15, 0.2) is 22.7 Å². The number of nitrogens with zero attached hydrogens (tertiary/aromatic N) is 1. The summed E-state index contributed by atoms with van der Waals surface area (Å²) < 4.78 is 13.7. The maximum absolute atomic E-state index is 13.2. The molecule has 0 spiro atoms. The van der Waals surface area contributed by atoms with E-state index in [1.54, 1.807) is 0 Å². The first-order chi connectivity index (χ1) is 10.5. The molecular formula is C15H20BrClFN3O2. The van der Waals surface area contributed by atoms with Crippen molar-refractivity contribution in [3.63, 3.8) is 0 Å². The first-order valence-corrected chi connectivity index (χ1v) is 8.02. The number of carbonyl (C=O) groups excluding carboxylic acids is 2. The van der Waals surface area contributed by atoms with Gasteiger partial charge in [-0.25, -0.2) is 4.39 Å². The fraction of sp³-hybridized carbons (Fsp3) is 0.467. The monoisotopic (exact) mass is 407 g/mol. The zero-order valence-electron chi connectivity index (χ0n) is 12.8. The van der Waals surface area contributed by atoms with E-state index in [0.29, 0.717) is 11.0 Å². The van der Waals surface area contributed by atoms with Gasteiger partial charge in [0.25, 0.3) is 5.91 Å². The number of piperazine rings is 1. The van der Waals surface area contributed by atoms with Crippen molar-refractivity contribution in [2.45, 2.75) is 19.4 Å². The van der Waals surface area contributed by atoms with Gasteiger partial charge in [0, 0.05) is 43.1 Å². The highest BCUT2D eigenvalue weighted by Crippen LogP contribution is 2.17. The Morgan fingerprint density at radius 1 is 1.48 bits per heavy atom. The molecule has 0 saturated carbocycles. The van der Waals surface area contributed by atoms with Crippen molar-refractivity contribution in [2.75, 3.05) is 26.2 Å². The molecule has 0 radical (unpaired) electrons. The molecule has 8 heteroatoms. The predicted octanol–water partition coefficient (Wildman–Crippen LogP) is 1.95. The highest BCUT2D eigenvalue weighted by Gasteiger charge is 2.22. The molecule has 5 nitrogen and oxygen atoms in total. The van der Waals surface area contributed by atoms with Crippen LogP contribution >= 0.6 is 28.3 Å². The van der Waals surface area contributed by atoms with Crippen molar-refractivity contribution < 1.29 is 14.0 Å². The second kappa shape index (κ2) is 9.20. The molecule has 1 aromatic carbocycles. The van der Waals surface area contributed by atoms with E-state index < -0.39 is 11.7 Å². The first-order valence-electron chi connectivity index (χ1n) is 7.22. The van der Waals surface area contributed by atoms with Gasteiger partial charge >= 0.3 is 0 Å². The fourth-order valence-electron chi connectivity index (χ4n) is 2.40. The second-order valence-electron chi connectivity index (χ2n) is 5.27. The van der Waals surface area contributed by atoms with Crippen molar-refractivity contribution in [2.24, 2.45) is 0 Å². The Morgan fingerprint density at radius 3 is 2.91 bits per heavy atom. The SMILES string of the molecule is C[C@H]1CNCCN1C(=O)CCNC(=O)c1cc(F)ccc1Br.Cl. The number of hydrogen-bond acceptors (Lipinski definition) is 3. The van der Waals surface area contributed by atoms with Crippen LogP contribution in [0.5, 0.6) is 0 Å². The summed E-state index contributed by atoms with van der Waals surface area (Å²) in [6.45, 7) is 4.49. The molecular weight excluding hydrogens is 389 g/mol. The molecule has 2 rings (SSSR count). The maximum Gasteiger partial charge on any atom is 0.252 e. The Hall–Kier alpha value is -1.18. The van der Waals surface area contributed by atoms with Crippen LogP contribution in [0.4, 0.5) is 4.39 Å². The number of carbonyl (C=O) groups is 2. The summed E-state index contributed by atoms with van der Waals surface area (Å²) >= 11 is 3.21. The van der Waals surface area contributed by atoms with Crippen molar-refractivity contribution in [3.05, 3.63) is 34.1 Å². The Balaban J connectivity index is 0.00000264. The van der Waals surface area contributed by atoms with E-state index in [1.807, 2.05) is 11.8 Å². The molecule has 1 aliphatic heterocycles. The average Bonchev–Trinajstić information content (AvgIpc) is 2.49. The quantitative estimate of drug-likeness (QED) is 0.800. The molecule has 1 fully saturated rings. The topological polar surface area (TPSA) is 61.4 Å². The van der Waals surface area contributed by atoms with E-state index >= 15 is 0 Å². The summed E-state index contributed by atoms with van der Waals surface area (Å²) in [5, 5.41) is 5.88. The van der Waals surface area contributed by atoms with Gasteiger partial charge in [0.05, 0.1) is 5.56 Å². The molecule has 0 aromatic heterocycles. The minimum Gasteiger partial charge on any atom is -0.351 e. The van der Waals surface area contributed by atoms with Gasteiger partial charge in [-0.05, 0) is 41.1 Å². The maximum atomic E-state index is 13.2. The molecule has 1 aliphatic rings. The van der Waals surface area contributed by atoms with Crippen molar-refractivity contribution in [1.82, 2.24) is 15.5 Å². The van der Waals surface area contributed by atoms with E-state index in [9.17, 15) is 14.0 Å². The normalized spacial score (nSPS) is 17.3. The summed E-state index contributed by atoms with van der Waals surface area (Å²) in [4.78, 5) is 25.9. The van der Waals surface area contributed by atoms with E-state index in [0.717, 1.165) is 13.1 Å². The van der Waals surface area contributed by atoms with Gasteiger partial charge in [0.15, 0.2) is 0 Å². The molecule has 2 amide bonds. The van der Waals surface area contributed by atoms with Gasteiger partial charge in [-0.3, -0.25) is 9.59 Å². The van der Waals surface area contributed by atoms with Crippen LogP contribution in [-0.4, -0.2) is 48.9 Å². The lowest BCUT2D eigenvalue weighted by atomic mass is 10.2. The van der Waals surface area contributed by atoms with Crippen LogP contribution in [0.3, 0.4) is 0 Å². The van der Waals surface area contributed by atoms with Crippen LogP contribution < -0.4 is 10.6 Å². The molecule has 1 aromatic rings. The third-order valence-electron chi connectivity index (χ3n) is 3.62. The summed E-state index contributed by atoms with van der Waals surface area (Å²) in [5.41, 5.74) is 0.225. The Bertz CT molecular complexity index is 574. The predicted molar refractivity (Wildman–Crippen MR) is 92.3 cm³/mol. The Morgan fingerprint density at radius 2 is 2.22 bits per heavy atom. The van der Waals surface area contributed by atoms with Gasteiger partial charge < -0.3 is 15.5 Å². The Kier molecular flexibility index (Phi) is 7.94. The third kappa shape index (κ3) is 5.44. The number of rotatable bonds is 4. The molecule has 2 N–H and O–H groups in total. The summed E-state index contributed by atoms with van der Waals surface area (Å²) in [5.74, 6) is -0.848. The smallest absolute Gasteiger partial charge is 0.252 e. The van der Waals surface area contributed by atoms with Crippen LogP contribution in [0.2, 0.25) is 0 Å². The lowest BCUT2D eigenvalue weighted by molar-refractivity contribution is -0.133. The minimum atomic E-state index is -0.473. The molecule has 0 bridgehead atoms. The molecule has 1 atom stereocenters.